The van der Waals surface area contributed by atoms with Crippen LogP contribution in [0.5, 0.6) is 11.5 Å². The third kappa shape index (κ3) is 6.23. The topological polar surface area (TPSA) is 48.0 Å². The molecule has 1 fully saturated rings. The summed E-state index contributed by atoms with van der Waals surface area (Å²) in [6, 6.07) is 5.68. The summed E-state index contributed by atoms with van der Waals surface area (Å²) in [4.78, 5) is 14.8. The second-order valence-electron chi connectivity index (χ2n) is 6.62. The number of rotatable bonds is 10. The van der Waals surface area contributed by atoms with Gasteiger partial charge in [0.2, 0.25) is 0 Å². The maximum Gasteiger partial charge on any atom is 0.266 e. The average Bonchev–Trinajstić information content (AvgIpc) is 2.90. The molecule has 2 rings (SSSR count). The highest BCUT2D eigenvalue weighted by Crippen LogP contribution is 2.34. The van der Waals surface area contributed by atoms with Crippen LogP contribution in [0.25, 0.3) is 6.08 Å². The van der Waals surface area contributed by atoms with Crippen LogP contribution in [0.3, 0.4) is 0 Å². The molecule has 0 saturated carbocycles. The Morgan fingerprint density at radius 1 is 1.22 bits per heavy atom. The second kappa shape index (κ2) is 10.7. The first-order valence-corrected chi connectivity index (χ1v) is 10.2. The highest BCUT2D eigenvalue weighted by atomic mass is 32.2. The molecule has 1 saturated heterocycles. The fraction of sp³-hybridized carbons (Fsp3) is 0.500. The van der Waals surface area contributed by atoms with E-state index in [0.717, 1.165) is 18.4 Å². The van der Waals surface area contributed by atoms with Crippen LogP contribution < -0.4 is 9.47 Å². The lowest BCUT2D eigenvalue weighted by Gasteiger charge is -2.13. The lowest BCUT2D eigenvalue weighted by molar-refractivity contribution is -0.122. The van der Waals surface area contributed by atoms with Gasteiger partial charge in [-0.2, -0.15) is 0 Å². The molecule has 7 heteroatoms. The molecule has 5 nitrogen and oxygen atoms in total. The van der Waals surface area contributed by atoms with Gasteiger partial charge in [0.05, 0.1) is 18.6 Å². The number of benzene rings is 1. The zero-order chi connectivity index (χ0) is 19.8. The van der Waals surface area contributed by atoms with Gasteiger partial charge in [0.25, 0.3) is 5.91 Å². The first-order chi connectivity index (χ1) is 13.0. The minimum absolute atomic E-state index is 0.0580. The first kappa shape index (κ1) is 21.7. The van der Waals surface area contributed by atoms with Crippen molar-refractivity contribution in [3.05, 3.63) is 28.7 Å². The van der Waals surface area contributed by atoms with Gasteiger partial charge in [-0.15, -0.1) is 0 Å². The number of thioether (sulfide) groups is 1. The van der Waals surface area contributed by atoms with Gasteiger partial charge in [0.1, 0.15) is 4.32 Å². The van der Waals surface area contributed by atoms with Gasteiger partial charge in [-0.3, -0.25) is 9.69 Å². The predicted molar refractivity (Wildman–Crippen MR) is 114 cm³/mol. The molecule has 0 spiro atoms. The molecule has 27 heavy (non-hydrogen) atoms. The summed E-state index contributed by atoms with van der Waals surface area (Å²) in [5.41, 5.74) is 0.875. The van der Waals surface area contributed by atoms with Gasteiger partial charge in [-0.25, -0.2) is 0 Å². The summed E-state index contributed by atoms with van der Waals surface area (Å²) in [5.74, 6) is 1.89. The Morgan fingerprint density at radius 3 is 2.67 bits per heavy atom. The zero-order valence-electron chi connectivity index (χ0n) is 16.3. The van der Waals surface area contributed by atoms with Crippen LogP contribution in [0, 0.1) is 5.92 Å². The summed E-state index contributed by atoms with van der Waals surface area (Å²) in [5, 5.41) is 0. The van der Waals surface area contributed by atoms with E-state index in [2.05, 4.69) is 13.8 Å². The molecule has 0 aliphatic carbocycles. The van der Waals surface area contributed by atoms with Crippen LogP contribution in [-0.2, 0) is 9.53 Å². The average molecular weight is 410 g/mol. The second-order valence-corrected chi connectivity index (χ2v) is 8.30. The van der Waals surface area contributed by atoms with Crippen molar-refractivity contribution in [2.24, 2.45) is 5.92 Å². The van der Waals surface area contributed by atoms with Crippen molar-refractivity contribution in [2.75, 3.05) is 34.0 Å². The maximum atomic E-state index is 12.6. The van der Waals surface area contributed by atoms with E-state index >= 15 is 0 Å². The smallest absolute Gasteiger partial charge is 0.266 e. The molecule has 1 aliphatic heterocycles. The Kier molecular flexibility index (Phi) is 8.60. The summed E-state index contributed by atoms with van der Waals surface area (Å²) in [7, 11) is 3.26. The number of ether oxygens (including phenoxy) is 3. The number of nitrogens with zero attached hydrogens (tertiary/aromatic N) is 1. The molecule has 1 aromatic carbocycles. The van der Waals surface area contributed by atoms with Crippen molar-refractivity contribution >= 4 is 40.3 Å². The normalized spacial score (nSPS) is 15.9. The fourth-order valence-electron chi connectivity index (χ4n) is 2.51. The molecule has 148 valence electrons. The fourth-order valence-corrected chi connectivity index (χ4v) is 3.82. The summed E-state index contributed by atoms with van der Waals surface area (Å²) in [6.07, 6.45) is 3.58. The molecule has 1 aliphatic rings. The maximum absolute atomic E-state index is 12.6. The van der Waals surface area contributed by atoms with Gasteiger partial charge in [-0.05, 0) is 42.5 Å². The number of amides is 1. The number of hydrogen-bond acceptors (Lipinski definition) is 6. The largest absolute Gasteiger partial charge is 0.493 e. The summed E-state index contributed by atoms with van der Waals surface area (Å²) in [6.45, 7) is 6.14. The quantitative estimate of drug-likeness (QED) is 0.325. The SMILES string of the molecule is COCCCN1C(=O)/C(=C/c2ccc(OCCC(C)C)c(OC)c2)SC1=S. The molecule has 0 N–H and O–H groups in total. The van der Waals surface area contributed by atoms with E-state index in [-0.39, 0.29) is 5.91 Å². The standard InChI is InChI=1S/C20H27NO4S2/c1-14(2)8-11-25-16-7-6-15(12-17(16)24-4)13-18-19(22)21(20(26)27-18)9-5-10-23-3/h6-7,12-14H,5,8-11H2,1-4H3/b18-13-. The lowest BCUT2D eigenvalue weighted by atomic mass is 10.1. The van der Waals surface area contributed by atoms with Gasteiger partial charge >= 0.3 is 0 Å². The molecule has 1 amide bonds. The van der Waals surface area contributed by atoms with E-state index in [0.29, 0.717) is 46.4 Å². The Bertz CT molecular complexity index is 703. The summed E-state index contributed by atoms with van der Waals surface area (Å²) >= 11 is 6.67. The molecule has 0 radical (unpaired) electrons. The van der Waals surface area contributed by atoms with Crippen molar-refractivity contribution in [3.63, 3.8) is 0 Å². The van der Waals surface area contributed by atoms with E-state index in [4.69, 9.17) is 26.4 Å². The van der Waals surface area contributed by atoms with Crippen molar-refractivity contribution in [2.45, 2.75) is 26.7 Å². The summed E-state index contributed by atoms with van der Waals surface area (Å²) < 4.78 is 16.9. The minimum Gasteiger partial charge on any atom is -0.493 e. The van der Waals surface area contributed by atoms with Crippen LogP contribution in [0.2, 0.25) is 0 Å². The Balaban J connectivity index is 2.09. The predicted octanol–water partition coefficient (Wildman–Crippen LogP) is 4.36. The Labute approximate surface area is 171 Å². The molecule has 0 unspecified atom stereocenters. The Hall–Kier alpha value is -1.57. The third-order valence-electron chi connectivity index (χ3n) is 4.04. The van der Waals surface area contributed by atoms with Crippen LogP contribution in [0.1, 0.15) is 32.3 Å². The van der Waals surface area contributed by atoms with E-state index in [1.54, 1.807) is 19.1 Å². The minimum atomic E-state index is -0.0580. The van der Waals surface area contributed by atoms with Gasteiger partial charge < -0.3 is 14.2 Å². The third-order valence-corrected chi connectivity index (χ3v) is 5.42. The van der Waals surface area contributed by atoms with Crippen molar-refractivity contribution < 1.29 is 19.0 Å². The van der Waals surface area contributed by atoms with Crippen molar-refractivity contribution in [3.8, 4) is 11.5 Å². The van der Waals surface area contributed by atoms with E-state index in [9.17, 15) is 4.79 Å². The molecular weight excluding hydrogens is 382 g/mol. The highest BCUT2D eigenvalue weighted by molar-refractivity contribution is 8.26. The number of carbonyl (C=O) groups is 1. The van der Waals surface area contributed by atoms with Crippen molar-refractivity contribution in [1.29, 1.82) is 0 Å². The van der Waals surface area contributed by atoms with Crippen LogP contribution in [0.15, 0.2) is 23.1 Å². The zero-order valence-corrected chi connectivity index (χ0v) is 18.0. The van der Waals surface area contributed by atoms with E-state index < -0.39 is 0 Å². The molecule has 0 bridgehead atoms. The molecule has 1 aromatic rings. The molecule has 0 aromatic heterocycles. The van der Waals surface area contributed by atoms with E-state index in [1.807, 2.05) is 24.3 Å². The van der Waals surface area contributed by atoms with Crippen LogP contribution in [-0.4, -0.2) is 49.1 Å². The monoisotopic (exact) mass is 409 g/mol. The van der Waals surface area contributed by atoms with Gasteiger partial charge in [0.15, 0.2) is 11.5 Å². The number of carbonyl (C=O) groups excluding carboxylic acids is 1. The molecule has 1 heterocycles. The van der Waals surface area contributed by atoms with Crippen LogP contribution >= 0.6 is 24.0 Å². The number of thiocarbonyl (C=S) groups is 1. The van der Waals surface area contributed by atoms with Crippen molar-refractivity contribution in [1.82, 2.24) is 4.90 Å². The van der Waals surface area contributed by atoms with Crippen LogP contribution in [0.4, 0.5) is 0 Å². The van der Waals surface area contributed by atoms with Gasteiger partial charge in [0, 0.05) is 20.3 Å². The number of hydrogen-bond donors (Lipinski definition) is 0. The first-order valence-electron chi connectivity index (χ1n) is 9.01. The molecule has 0 atom stereocenters. The van der Waals surface area contributed by atoms with E-state index in [1.165, 1.54) is 11.8 Å². The lowest BCUT2D eigenvalue weighted by Crippen LogP contribution is -2.29. The van der Waals surface area contributed by atoms with Gasteiger partial charge in [-0.1, -0.05) is 43.9 Å². The number of methoxy groups -OCH3 is 2. The molecular formula is C20H27NO4S2. The Morgan fingerprint density at radius 2 is 2.00 bits per heavy atom. The highest BCUT2D eigenvalue weighted by Gasteiger charge is 2.31.